The standard InChI is InChI=1S/C38H56N4O8/c1-24-20-27(48-36(47)50-38(6,7)8)21-25(2)28(24)23-31(40-9)35(46)41-29(18-14-11-15-19-32(43)49-37(3,4)5)34(45)42-30(33(39)44)22-26-16-12-10-13-17-26/h10,12-13,16-17,20-21,29-31,40H,11,14-15,18-19,22-23H2,1-9H3,(H2,39,44)(H,41,46)(H,42,45)/t29-,30-,31?/m0/s1. The van der Waals surface area contributed by atoms with Crippen molar-refractivity contribution in [2.75, 3.05) is 7.05 Å². The average molecular weight is 697 g/mol. The summed E-state index contributed by atoms with van der Waals surface area (Å²) in [6.45, 7) is 14.4. The number of nitrogens with two attached hydrogens (primary N) is 1. The number of nitrogens with one attached hydrogen (secondary N) is 3. The Kier molecular flexibility index (Phi) is 15.9. The number of hydrogen-bond donors (Lipinski definition) is 4. The highest BCUT2D eigenvalue weighted by atomic mass is 16.7. The first-order chi connectivity index (χ1) is 23.3. The van der Waals surface area contributed by atoms with Crippen LogP contribution in [0.1, 0.15) is 95.9 Å². The molecular weight excluding hydrogens is 640 g/mol. The molecule has 2 aromatic rings. The maximum atomic E-state index is 13.7. The van der Waals surface area contributed by atoms with Gasteiger partial charge >= 0.3 is 12.1 Å². The number of carbonyl (C=O) groups excluding carboxylic acids is 5. The fourth-order valence-corrected chi connectivity index (χ4v) is 5.30. The number of unbranched alkanes of at least 4 members (excludes halogenated alkanes) is 2. The maximum absolute atomic E-state index is 13.7. The van der Waals surface area contributed by atoms with Crippen LogP contribution < -0.4 is 26.4 Å². The van der Waals surface area contributed by atoms with Crippen LogP contribution in [0, 0.1) is 13.8 Å². The average Bonchev–Trinajstić information content (AvgIpc) is 2.98. The summed E-state index contributed by atoms with van der Waals surface area (Å²) in [4.78, 5) is 64.0. The van der Waals surface area contributed by atoms with E-state index in [9.17, 15) is 24.0 Å². The van der Waals surface area contributed by atoms with Gasteiger partial charge in [0.15, 0.2) is 0 Å². The highest BCUT2D eigenvalue weighted by Crippen LogP contribution is 2.24. The van der Waals surface area contributed by atoms with E-state index in [2.05, 4.69) is 16.0 Å². The molecule has 0 fully saturated rings. The summed E-state index contributed by atoms with van der Waals surface area (Å²) in [5, 5.41) is 8.67. The second-order valence-electron chi connectivity index (χ2n) is 14.5. The number of amides is 3. The second-order valence-corrected chi connectivity index (χ2v) is 14.5. The second kappa shape index (κ2) is 19.1. The van der Waals surface area contributed by atoms with E-state index >= 15 is 0 Å². The number of carbonyl (C=O) groups is 5. The summed E-state index contributed by atoms with van der Waals surface area (Å²) in [5.74, 6) is -1.60. The third-order valence-corrected chi connectivity index (χ3v) is 7.70. The Bertz CT molecular complexity index is 1440. The van der Waals surface area contributed by atoms with Crippen LogP contribution in [0.2, 0.25) is 0 Å². The Morgan fingerprint density at radius 1 is 0.740 bits per heavy atom. The van der Waals surface area contributed by atoms with Gasteiger partial charge < -0.3 is 35.9 Å². The van der Waals surface area contributed by atoms with Crippen molar-refractivity contribution < 1.29 is 38.2 Å². The van der Waals surface area contributed by atoms with Crippen LogP contribution in [-0.4, -0.2) is 66.2 Å². The molecule has 0 aliphatic heterocycles. The van der Waals surface area contributed by atoms with E-state index in [1.165, 1.54) is 0 Å². The number of hydrogen-bond acceptors (Lipinski definition) is 9. The summed E-state index contributed by atoms with van der Waals surface area (Å²) < 4.78 is 16.0. The number of aryl methyl sites for hydroxylation is 2. The lowest BCUT2D eigenvalue weighted by molar-refractivity contribution is -0.155. The first-order valence-corrected chi connectivity index (χ1v) is 17.1. The first kappa shape index (κ1) is 41.7. The van der Waals surface area contributed by atoms with Crippen LogP contribution in [0.4, 0.5) is 4.79 Å². The minimum Gasteiger partial charge on any atom is -0.460 e. The molecule has 3 amide bonds. The molecule has 3 atom stereocenters. The zero-order chi connectivity index (χ0) is 37.6. The molecule has 12 heteroatoms. The van der Waals surface area contributed by atoms with E-state index in [4.69, 9.17) is 19.9 Å². The minimum absolute atomic E-state index is 0.198. The number of likely N-dealkylation sites (N-methyl/N-ethyl adjacent to an activating group) is 1. The molecule has 5 N–H and O–H groups in total. The zero-order valence-corrected chi connectivity index (χ0v) is 31.1. The number of ether oxygens (including phenoxy) is 3. The topological polar surface area (TPSA) is 175 Å². The van der Waals surface area contributed by atoms with Crippen molar-refractivity contribution in [2.45, 2.75) is 130 Å². The SMILES string of the molecule is CNC(Cc1c(C)cc(OC(=O)OC(C)(C)C)cc1C)C(=O)N[C@@H](CCCCCC(=O)OC(C)(C)C)C(=O)N[C@@H](Cc1ccccc1)C(N)=O. The number of benzene rings is 2. The highest BCUT2D eigenvalue weighted by Gasteiger charge is 2.29. The Morgan fingerprint density at radius 2 is 1.30 bits per heavy atom. The Hall–Kier alpha value is -4.45. The van der Waals surface area contributed by atoms with Crippen LogP contribution in [0.3, 0.4) is 0 Å². The van der Waals surface area contributed by atoms with Crippen molar-refractivity contribution in [2.24, 2.45) is 5.73 Å². The summed E-state index contributed by atoms with van der Waals surface area (Å²) in [6.07, 6.45) is 1.89. The first-order valence-electron chi connectivity index (χ1n) is 17.1. The van der Waals surface area contributed by atoms with Gasteiger partial charge in [-0.1, -0.05) is 43.2 Å². The predicted molar refractivity (Wildman–Crippen MR) is 191 cm³/mol. The molecular formula is C38H56N4O8. The van der Waals surface area contributed by atoms with Gasteiger partial charge in [-0.25, -0.2) is 4.79 Å². The maximum Gasteiger partial charge on any atom is 0.514 e. The van der Waals surface area contributed by atoms with E-state index in [1.54, 1.807) is 40.0 Å². The van der Waals surface area contributed by atoms with Crippen molar-refractivity contribution >= 4 is 29.8 Å². The van der Waals surface area contributed by atoms with Crippen LogP contribution in [0.15, 0.2) is 42.5 Å². The van der Waals surface area contributed by atoms with Gasteiger partial charge in [0.1, 0.15) is 29.0 Å². The van der Waals surface area contributed by atoms with Crippen molar-refractivity contribution in [1.29, 1.82) is 0 Å². The largest absolute Gasteiger partial charge is 0.514 e. The smallest absolute Gasteiger partial charge is 0.460 e. The third-order valence-electron chi connectivity index (χ3n) is 7.70. The van der Waals surface area contributed by atoms with Gasteiger partial charge in [-0.3, -0.25) is 19.2 Å². The highest BCUT2D eigenvalue weighted by molar-refractivity contribution is 5.93. The lowest BCUT2D eigenvalue weighted by Gasteiger charge is -2.25. The Labute approximate surface area is 296 Å². The van der Waals surface area contributed by atoms with Crippen molar-refractivity contribution in [3.05, 3.63) is 64.7 Å². The monoisotopic (exact) mass is 696 g/mol. The number of rotatable bonds is 17. The molecule has 50 heavy (non-hydrogen) atoms. The van der Waals surface area contributed by atoms with E-state index in [0.717, 1.165) is 22.3 Å². The zero-order valence-electron chi connectivity index (χ0n) is 31.1. The Morgan fingerprint density at radius 3 is 1.84 bits per heavy atom. The summed E-state index contributed by atoms with van der Waals surface area (Å²) in [5.41, 5.74) is 7.70. The summed E-state index contributed by atoms with van der Waals surface area (Å²) in [7, 11) is 1.66. The van der Waals surface area contributed by atoms with Crippen LogP contribution >= 0.6 is 0 Å². The van der Waals surface area contributed by atoms with Crippen LogP contribution in [0.25, 0.3) is 0 Å². The predicted octanol–water partition coefficient (Wildman–Crippen LogP) is 4.74. The van der Waals surface area contributed by atoms with E-state index < -0.39 is 53.2 Å². The normalized spacial score (nSPS) is 13.4. The lowest BCUT2D eigenvalue weighted by Crippen LogP contribution is -2.56. The van der Waals surface area contributed by atoms with Gasteiger partial charge in [0.05, 0.1) is 6.04 Å². The molecule has 276 valence electrons. The Balaban J connectivity index is 2.18. The minimum atomic E-state index is -0.983. The van der Waals surface area contributed by atoms with Gasteiger partial charge in [-0.05, 0) is 116 Å². The van der Waals surface area contributed by atoms with Crippen LogP contribution in [-0.2, 0) is 41.5 Å². The van der Waals surface area contributed by atoms with Gasteiger partial charge in [0.2, 0.25) is 17.7 Å². The molecule has 2 rings (SSSR count). The van der Waals surface area contributed by atoms with E-state index in [-0.39, 0.29) is 31.7 Å². The molecule has 0 heterocycles. The van der Waals surface area contributed by atoms with Gasteiger partial charge in [0, 0.05) is 12.8 Å². The number of primary amides is 1. The molecule has 0 radical (unpaired) electrons. The molecule has 2 aromatic carbocycles. The van der Waals surface area contributed by atoms with E-state index in [1.807, 2.05) is 65.0 Å². The fraction of sp³-hybridized carbons (Fsp3) is 0.553. The third kappa shape index (κ3) is 15.4. The molecule has 0 bridgehead atoms. The van der Waals surface area contributed by atoms with Crippen molar-refractivity contribution in [3.8, 4) is 5.75 Å². The molecule has 0 saturated carbocycles. The molecule has 12 nitrogen and oxygen atoms in total. The molecule has 0 aromatic heterocycles. The summed E-state index contributed by atoms with van der Waals surface area (Å²) in [6, 6.07) is 9.94. The van der Waals surface area contributed by atoms with Crippen molar-refractivity contribution in [1.82, 2.24) is 16.0 Å². The molecule has 0 aliphatic rings. The van der Waals surface area contributed by atoms with Gasteiger partial charge in [0.25, 0.3) is 0 Å². The molecule has 0 saturated heterocycles. The number of esters is 1. The summed E-state index contributed by atoms with van der Waals surface area (Å²) >= 11 is 0. The van der Waals surface area contributed by atoms with Gasteiger partial charge in [-0.15, -0.1) is 0 Å². The van der Waals surface area contributed by atoms with E-state index in [0.29, 0.717) is 25.0 Å². The van der Waals surface area contributed by atoms with Crippen LogP contribution in [0.5, 0.6) is 5.75 Å². The van der Waals surface area contributed by atoms with Crippen molar-refractivity contribution in [3.63, 3.8) is 0 Å². The quantitative estimate of drug-likeness (QED) is 0.103. The fourth-order valence-electron chi connectivity index (χ4n) is 5.30. The molecule has 0 spiro atoms. The molecule has 0 aliphatic carbocycles. The lowest BCUT2D eigenvalue weighted by atomic mass is 9.95. The van der Waals surface area contributed by atoms with Gasteiger partial charge in [-0.2, -0.15) is 0 Å². The molecule has 1 unspecified atom stereocenters.